The molecule has 4 aromatic rings. The van der Waals surface area contributed by atoms with Gasteiger partial charge in [0.2, 0.25) is 0 Å². The van der Waals surface area contributed by atoms with Crippen molar-refractivity contribution in [2.24, 2.45) is 7.05 Å². The van der Waals surface area contributed by atoms with E-state index in [1.54, 1.807) is 18.9 Å². The van der Waals surface area contributed by atoms with E-state index in [4.69, 9.17) is 4.74 Å². The molecule has 0 saturated carbocycles. The molecule has 0 aliphatic heterocycles. The molecule has 156 valence electrons. The van der Waals surface area contributed by atoms with Crippen molar-refractivity contribution in [1.29, 1.82) is 0 Å². The highest BCUT2D eigenvalue weighted by Crippen LogP contribution is 2.29. The fraction of sp³-hybridized carbons (Fsp3) is 0.318. The first kappa shape index (κ1) is 20.3. The van der Waals surface area contributed by atoms with Gasteiger partial charge in [0, 0.05) is 29.8 Å². The van der Waals surface area contributed by atoms with Gasteiger partial charge in [-0.1, -0.05) is 6.07 Å². The standard InChI is InChI=1S/C22H25N5O2S/c1-14-20(16-13-15(29-3)8-9-18(16)26(14)2)22(28)23-17(10-12-30-4)21-25-24-19-7-5-6-11-27(19)21/h5-9,11,13,17H,10,12H2,1-4H3,(H,23,28). The van der Waals surface area contributed by atoms with Crippen LogP contribution >= 0.6 is 11.8 Å². The van der Waals surface area contributed by atoms with E-state index < -0.39 is 0 Å². The molecule has 0 saturated heterocycles. The van der Waals surface area contributed by atoms with E-state index in [1.807, 2.05) is 65.5 Å². The number of carbonyl (C=O) groups excluding carboxylic acids is 1. The van der Waals surface area contributed by atoms with Crippen LogP contribution in [-0.4, -0.2) is 44.2 Å². The van der Waals surface area contributed by atoms with Crippen LogP contribution in [0.2, 0.25) is 0 Å². The van der Waals surface area contributed by atoms with Crippen LogP contribution in [0.15, 0.2) is 42.6 Å². The molecular weight excluding hydrogens is 398 g/mol. The molecule has 3 aromatic heterocycles. The zero-order valence-electron chi connectivity index (χ0n) is 17.5. The van der Waals surface area contributed by atoms with E-state index in [9.17, 15) is 4.79 Å². The third-order valence-electron chi connectivity index (χ3n) is 5.49. The van der Waals surface area contributed by atoms with Gasteiger partial charge in [0.25, 0.3) is 5.91 Å². The second-order valence-electron chi connectivity index (χ2n) is 7.20. The van der Waals surface area contributed by atoms with Gasteiger partial charge in [-0.15, -0.1) is 10.2 Å². The smallest absolute Gasteiger partial charge is 0.254 e. The summed E-state index contributed by atoms with van der Waals surface area (Å²) in [5.41, 5.74) is 3.33. The van der Waals surface area contributed by atoms with Crippen molar-refractivity contribution >= 4 is 34.2 Å². The Morgan fingerprint density at radius 3 is 2.87 bits per heavy atom. The van der Waals surface area contributed by atoms with E-state index in [1.165, 1.54) is 0 Å². The van der Waals surface area contributed by atoms with Crippen LogP contribution in [0.4, 0.5) is 0 Å². The van der Waals surface area contributed by atoms with E-state index >= 15 is 0 Å². The number of methoxy groups -OCH3 is 1. The summed E-state index contributed by atoms with van der Waals surface area (Å²) >= 11 is 1.74. The second-order valence-corrected chi connectivity index (χ2v) is 8.18. The van der Waals surface area contributed by atoms with Crippen molar-refractivity contribution < 1.29 is 9.53 Å². The molecule has 0 radical (unpaired) electrons. The predicted octanol–water partition coefficient (Wildman–Crippen LogP) is 3.76. The monoisotopic (exact) mass is 423 g/mol. The van der Waals surface area contributed by atoms with Crippen molar-refractivity contribution in [3.05, 3.63) is 59.7 Å². The maximum atomic E-state index is 13.5. The zero-order valence-corrected chi connectivity index (χ0v) is 18.4. The van der Waals surface area contributed by atoms with Gasteiger partial charge in [0.05, 0.1) is 18.7 Å². The minimum atomic E-state index is -0.248. The molecule has 0 aliphatic rings. The Bertz CT molecular complexity index is 1210. The average molecular weight is 424 g/mol. The number of benzene rings is 1. The molecule has 8 heteroatoms. The number of amides is 1. The van der Waals surface area contributed by atoms with Gasteiger partial charge in [-0.05, 0) is 55.7 Å². The van der Waals surface area contributed by atoms with Gasteiger partial charge in [-0.2, -0.15) is 11.8 Å². The summed E-state index contributed by atoms with van der Waals surface area (Å²) in [6.45, 7) is 1.96. The molecule has 3 heterocycles. The first-order valence-electron chi connectivity index (χ1n) is 9.77. The lowest BCUT2D eigenvalue weighted by molar-refractivity contribution is 0.0934. The lowest BCUT2D eigenvalue weighted by Crippen LogP contribution is -2.31. The van der Waals surface area contributed by atoms with Gasteiger partial charge >= 0.3 is 0 Å². The number of ether oxygens (including phenoxy) is 1. The highest BCUT2D eigenvalue weighted by molar-refractivity contribution is 7.98. The molecule has 0 bridgehead atoms. The van der Waals surface area contributed by atoms with Crippen LogP contribution in [0.3, 0.4) is 0 Å². The minimum Gasteiger partial charge on any atom is -0.497 e. The molecule has 0 aliphatic carbocycles. The largest absolute Gasteiger partial charge is 0.497 e. The van der Waals surface area contributed by atoms with Crippen molar-refractivity contribution in [1.82, 2.24) is 24.5 Å². The Morgan fingerprint density at radius 2 is 2.10 bits per heavy atom. The molecule has 1 amide bonds. The number of hydrogen-bond donors (Lipinski definition) is 1. The SMILES string of the molecule is COc1ccc2c(c1)c(C(=O)NC(CCSC)c1nnc3ccccn13)c(C)n2C. The van der Waals surface area contributed by atoms with Crippen molar-refractivity contribution in [3.63, 3.8) is 0 Å². The van der Waals surface area contributed by atoms with Gasteiger partial charge in [-0.3, -0.25) is 9.20 Å². The van der Waals surface area contributed by atoms with E-state index in [2.05, 4.69) is 21.8 Å². The highest BCUT2D eigenvalue weighted by atomic mass is 32.2. The second kappa shape index (κ2) is 8.39. The fourth-order valence-corrected chi connectivity index (χ4v) is 4.27. The molecule has 1 unspecified atom stereocenters. The number of pyridine rings is 1. The summed E-state index contributed by atoms with van der Waals surface area (Å²) in [6.07, 6.45) is 4.74. The van der Waals surface area contributed by atoms with Crippen LogP contribution < -0.4 is 10.1 Å². The molecule has 4 rings (SSSR count). The lowest BCUT2D eigenvalue weighted by atomic mass is 10.1. The Morgan fingerprint density at radius 1 is 1.27 bits per heavy atom. The fourth-order valence-electron chi connectivity index (χ4n) is 3.79. The van der Waals surface area contributed by atoms with Gasteiger partial charge in [-0.25, -0.2) is 0 Å². The summed E-state index contributed by atoms with van der Waals surface area (Å²) in [7, 11) is 3.60. The van der Waals surface area contributed by atoms with Crippen LogP contribution in [-0.2, 0) is 7.05 Å². The number of aromatic nitrogens is 4. The Labute approximate surface area is 179 Å². The molecule has 1 aromatic carbocycles. The molecule has 7 nitrogen and oxygen atoms in total. The molecule has 0 spiro atoms. The molecule has 30 heavy (non-hydrogen) atoms. The maximum absolute atomic E-state index is 13.5. The van der Waals surface area contributed by atoms with Gasteiger partial charge in [0.1, 0.15) is 5.75 Å². The minimum absolute atomic E-state index is 0.120. The Balaban J connectivity index is 1.74. The summed E-state index contributed by atoms with van der Waals surface area (Å²) < 4.78 is 9.35. The number of nitrogens with one attached hydrogen (secondary N) is 1. The van der Waals surface area contributed by atoms with Crippen molar-refractivity contribution in [2.75, 3.05) is 19.1 Å². The van der Waals surface area contributed by atoms with Gasteiger partial charge < -0.3 is 14.6 Å². The number of carbonyl (C=O) groups is 1. The number of hydrogen-bond acceptors (Lipinski definition) is 5. The molecular formula is C22H25N5O2S. The van der Waals surface area contributed by atoms with Crippen molar-refractivity contribution in [3.8, 4) is 5.75 Å². The maximum Gasteiger partial charge on any atom is 0.254 e. The summed E-state index contributed by atoms with van der Waals surface area (Å²) in [6, 6.07) is 11.3. The molecule has 0 fully saturated rings. The first-order valence-corrected chi connectivity index (χ1v) is 11.2. The number of fused-ring (bicyclic) bond motifs is 2. The molecule has 1 atom stereocenters. The van der Waals surface area contributed by atoms with E-state index in [0.29, 0.717) is 5.56 Å². The third-order valence-corrected chi connectivity index (χ3v) is 6.14. The number of aryl methyl sites for hydroxylation is 1. The van der Waals surface area contributed by atoms with Crippen LogP contribution in [0, 0.1) is 6.92 Å². The number of thioether (sulfide) groups is 1. The van der Waals surface area contributed by atoms with Crippen LogP contribution in [0.5, 0.6) is 5.75 Å². The highest BCUT2D eigenvalue weighted by Gasteiger charge is 2.25. The normalized spacial score (nSPS) is 12.4. The lowest BCUT2D eigenvalue weighted by Gasteiger charge is -2.17. The predicted molar refractivity (Wildman–Crippen MR) is 120 cm³/mol. The average Bonchev–Trinajstić information content (AvgIpc) is 3.30. The van der Waals surface area contributed by atoms with E-state index in [0.717, 1.165) is 46.0 Å². The van der Waals surface area contributed by atoms with Crippen molar-refractivity contribution in [2.45, 2.75) is 19.4 Å². The van der Waals surface area contributed by atoms with Crippen LogP contribution in [0.1, 0.15) is 34.3 Å². The number of nitrogens with zero attached hydrogens (tertiary/aromatic N) is 4. The van der Waals surface area contributed by atoms with Crippen LogP contribution in [0.25, 0.3) is 16.6 Å². The number of rotatable bonds is 7. The van der Waals surface area contributed by atoms with Gasteiger partial charge in [0.15, 0.2) is 11.5 Å². The summed E-state index contributed by atoms with van der Waals surface area (Å²) in [5.74, 6) is 2.24. The quantitative estimate of drug-likeness (QED) is 0.490. The third kappa shape index (κ3) is 3.52. The first-order chi connectivity index (χ1) is 14.5. The Kier molecular flexibility index (Phi) is 5.67. The summed E-state index contributed by atoms with van der Waals surface area (Å²) in [4.78, 5) is 13.5. The summed E-state index contributed by atoms with van der Waals surface area (Å²) in [5, 5.41) is 12.7. The topological polar surface area (TPSA) is 73.4 Å². The Hall–Kier alpha value is -3.00. The zero-order chi connectivity index (χ0) is 21.3. The molecule has 1 N–H and O–H groups in total. The van der Waals surface area contributed by atoms with E-state index in [-0.39, 0.29) is 11.9 Å².